The second kappa shape index (κ2) is 5.21. The maximum absolute atomic E-state index is 8.83. The third kappa shape index (κ3) is 3.96. The number of hydrogen-bond donors (Lipinski definition) is 0. The summed E-state index contributed by atoms with van der Waals surface area (Å²) in [6.45, 7) is 15.3. The van der Waals surface area contributed by atoms with Gasteiger partial charge in [0.15, 0.2) is 0 Å². The lowest BCUT2D eigenvalue weighted by Gasteiger charge is -2.26. The molecule has 102 valence electrons. The predicted molar refractivity (Wildman–Crippen MR) is 83.1 cm³/mol. The van der Waals surface area contributed by atoms with E-state index in [0.29, 0.717) is 0 Å². The molecule has 0 saturated carbocycles. The molecule has 1 aromatic carbocycles. The van der Waals surface area contributed by atoms with Gasteiger partial charge in [0.25, 0.3) is 0 Å². The number of nitriles is 1. The molecule has 0 aliphatic rings. The highest BCUT2D eigenvalue weighted by Crippen LogP contribution is 2.32. The lowest BCUT2D eigenvalue weighted by atomic mass is 9.79. The molecule has 0 bridgehead atoms. The van der Waals surface area contributed by atoms with Gasteiger partial charge < -0.3 is 0 Å². The zero-order valence-corrected chi connectivity index (χ0v) is 13.3. The molecule has 1 nitrogen and oxygen atoms in total. The molecule has 0 unspecified atom stereocenters. The first kappa shape index (κ1) is 15.5. The van der Waals surface area contributed by atoms with Crippen molar-refractivity contribution in [1.29, 1.82) is 5.26 Å². The van der Waals surface area contributed by atoms with Crippen LogP contribution in [0.2, 0.25) is 0 Å². The van der Waals surface area contributed by atoms with Crippen molar-refractivity contribution in [2.75, 3.05) is 0 Å². The van der Waals surface area contributed by atoms with Gasteiger partial charge in [-0.3, -0.25) is 0 Å². The van der Waals surface area contributed by atoms with Crippen molar-refractivity contribution in [1.82, 2.24) is 0 Å². The van der Waals surface area contributed by atoms with Gasteiger partial charge in [-0.15, -0.1) is 0 Å². The van der Waals surface area contributed by atoms with Gasteiger partial charge in [0.1, 0.15) is 0 Å². The summed E-state index contributed by atoms with van der Waals surface area (Å²) >= 11 is 0. The summed E-state index contributed by atoms with van der Waals surface area (Å²) in [5.41, 5.74) is 5.05. The van der Waals surface area contributed by atoms with E-state index in [1.165, 1.54) is 11.1 Å². The van der Waals surface area contributed by atoms with Crippen LogP contribution in [0, 0.1) is 11.3 Å². The van der Waals surface area contributed by atoms with Crippen LogP contribution in [0.25, 0.3) is 5.57 Å². The van der Waals surface area contributed by atoms with Crippen LogP contribution < -0.4 is 0 Å². The second-order valence-electron chi connectivity index (χ2n) is 7.26. The Morgan fingerprint density at radius 1 is 0.947 bits per heavy atom. The van der Waals surface area contributed by atoms with E-state index in [1.807, 2.05) is 6.92 Å². The highest BCUT2D eigenvalue weighted by molar-refractivity contribution is 5.67. The summed E-state index contributed by atoms with van der Waals surface area (Å²) in [6.07, 6.45) is 1.62. The molecule has 0 atom stereocenters. The van der Waals surface area contributed by atoms with E-state index in [0.717, 1.165) is 11.1 Å². The van der Waals surface area contributed by atoms with Crippen molar-refractivity contribution < 1.29 is 0 Å². The average molecular weight is 255 g/mol. The molecule has 0 spiro atoms. The van der Waals surface area contributed by atoms with Crippen LogP contribution in [-0.4, -0.2) is 0 Å². The van der Waals surface area contributed by atoms with Crippen molar-refractivity contribution in [2.45, 2.75) is 59.3 Å². The van der Waals surface area contributed by atoms with Crippen LogP contribution in [0.3, 0.4) is 0 Å². The van der Waals surface area contributed by atoms with Crippen LogP contribution in [0.5, 0.6) is 0 Å². The van der Waals surface area contributed by atoms with Gasteiger partial charge in [0, 0.05) is 6.08 Å². The van der Waals surface area contributed by atoms with Crippen molar-refractivity contribution in [3.63, 3.8) is 0 Å². The maximum atomic E-state index is 8.83. The van der Waals surface area contributed by atoms with E-state index in [1.54, 1.807) is 6.08 Å². The third-order valence-electron chi connectivity index (χ3n) is 3.40. The Bertz CT molecular complexity index is 496. The minimum atomic E-state index is 0.114. The highest BCUT2D eigenvalue weighted by Gasteiger charge is 2.20. The quantitative estimate of drug-likeness (QED) is 0.632. The first-order valence-electron chi connectivity index (χ1n) is 6.78. The fraction of sp³-hybridized carbons (Fsp3) is 0.500. The number of nitrogens with zero attached hydrogens (tertiary/aromatic N) is 1. The van der Waals surface area contributed by atoms with E-state index < -0.39 is 0 Å². The molecular weight excluding hydrogens is 230 g/mol. The topological polar surface area (TPSA) is 23.8 Å². The van der Waals surface area contributed by atoms with E-state index >= 15 is 0 Å². The Balaban J connectivity index is 3.51. The molecule has 1 rings (SSSR count). The molecule has 1 aromatic rings. The summed E-state index contributed by atoms with van der Waals surface area (Å²) < 4.78 is 0. The van der Waals surface area contributed by atoms with Gasteiger partial charge in [-0.25, -0.2) is 0 Å². The molecule has 1 heteroatoms. The zero-order valence-electron chi connectivity index (χ0n) is 13.3. The van der Waals surface area contributed by atoms with Gasteiger partial charge in [0.05, 0.1) is 6.07 Å². The maximum Gasteiger partial charge on any atom is 0.0915 e. The highest BCUT2D eigenvalue weighted by atomic mass is 14.3. The lowest BCUT2D eigenvalue weighted by Crippen LogP contribution is -2.16. The molecule has 0 heterocycles. The van der Waals surface area contributed by atoms with Crippen molar-refractivity contribution in [2.24, 2.45) is 0 Å². The van der Waals surface area contributed by atoms with Gasteiger partial charge >= 0.3 is 0 Å². The lowest BCUT2D eigenvalue weighted by molar-refractivity contribution is 0.568. The first-order chi connectivity index (χ1) is 8.55. The first-order valence-corrected chi connectivity index (χ1v) is 6.78. The molecule has 19 heavy (non-hydrogen) atoms. The molecule has 0 fully saturated rings. The monoisotopic (exact) mass is 255 g/mol. The summed E-state index contributed by atoms with van der Waals surface area (Å²) in [5.74, 6) is 0. The minimum absolute atomic E-state index is 0.114. The smallest absolute Gasteiger partial charge is 0.0915 e. The third-order valence-corrected chi connectivity index (χ3v) is 3.40. The molecule has 0 aromatic heterocycles. The van der Waals surface area contributed by atoms with Crippen LogP contribution in [-0.2, 0) is 10.8 Å². The predicted octanol–water partition coefficient (Wildman–Crippen LogP) is 5.21. The van der Waals surface area contributed by atoms with Crippen molar-refractivity contribution in [3.8, 4) is 6.07 Å². The second-order valence-corrected chi connectivity index (χ2v) is 7.26. The van der Waals surface area contributed by atoms with E-state index in [4.69, 9.17) is 5.26 Å². The summed E-state index contributed by atoms with van der Waals surface area (Å²) in [4.78, 5) is 0. The summed E-state index contributed by atoms with van der Waals surface area (Å²) in [5, 5.41) is 8.83. The van der Waals surface area contributed by atoms with Crippen LogP contribution in [0.4, 0.5) is 0 Å². The molecule has 0 radical (unpaired) electrons. The van der Waals surface area contributed by atoms with Gasteiger partial charge in [0.2, 0.25) is 0 Å². The van der Waals surface area contributed by atoms with Crippen LogP contribution >= 0.6 is 0 Å². The fourth-order valence-electron chi connectivity index (χ4n) is 1.90. The summed E-state index contributed by atoms with van der Waals surface area (Å²) in [6, 6.07) is 8.83. The Morgan fingerprint density at radius 2 is 1.37 bits per heavy atom. The molecule has 0 saturated heterocycles. The molecule has 0 aliphatic heterocycles. The van der Waals surface area contributed by atoms with Crippen molar-refractivity contribution >= 4 is 5.57 Å². The van der Waals surface area contributed by atoms with Gasteiger partial charge in [-0.1, -0.05) is 59.7 Å². The van der Waals surface area contributed by atoms with E-state index in [2.05, 4.69) is 65.8 Å². The Hall–Kier alpha value is -1.55. The van der Waals surface area contributed by atoms with E-state index in [-0.39, 0.29) is 10.8 Å². The Labute approximate surface area is 118 Å². The number of rotatable bonds is 1. The van der Waals surface area contributed by atoms with Crippen molar-refractivity contribution in [3.05, 3.63) is 41.0 Å². The fourth-order valence-corrected chi connectivity index (χ4v) is 1.90. The standard InChI is InChI=1S/C18H25N/c1-13(8-9-19)14-10-15(17(2,3)4)12-16(11-14)18(5,6)7/h8,10-12H,1-7H3/b13-8+. The average Bonchev–Trinajstić information content (AvgIpc) is 2.26. The molecule has 0 N–H and O–H groups in total. The zero-order chi connectivity index (χ0) is 14.8. The Kier molecular flexibility index (Phi) is 4.25. The molecular formula is C18H25N. The van der Waals surface area contributed by atoms with Gasteiger partial charge in [-0.05, 0) is 40.0 Å². The summed E-state index contributed by atoms with van der Waals surface area (Å²) in [7, 11) is 0. The van der Waals surface area contributed by atoms with Crippen LogP contribution in [0.1, 0.15) is 65.2 Å². The van der Waals surface area contributed by atoms with Crippen LogP contribution in [0.15, 0.2) is 24.3 Å². The number of benzene rings is 1. The normalized spacial score (nSPS) is 13.3. The van der Waals surface area contributed by atoms with Gasteiger partial charge in [-0.2, -0.15) is 5.26 Å². The molecule has 0 amide bonds. The minimum Gasteiger partial charge on any atom is -0.193 e. The van der Waals surface area contributed by atoms with E-state index in [9.17, 15) is 0 Å². The largest absolute Gasteiger partial charge is 0.193 e. The Morgan fingerprint density at radius 3 is 1.68 bits per heavy atom. The molecule has 0 aliphatic carbocycles. The number of allylic oxidation sites excluding steroid dienone is 2. The SMILES string of the molecule is C/C(=C\C#N)c1cc(C(C)(C)C)cc(C(C)(C)C)c1. The number of hydrogen-bond acceptors (Lipinski definition) is 1.